The van der Waals surface area contributed by atoms with Gasteiger partial charge in [-0.3, -0.25) is 0 Å². The summed E-state index contributed by atoms with van der Waals surface area (Å²) in [7, 11) is 4.06. The van der Waals surface area contributed by atoms with Gasteiger partial charge in [0.25, 0.3) is 0 Å². The van der Waals surface area contributed by atoms with Crippen LogP contribution >= 0.6 is 11.6 Å². The summed E-state index contributed by atoms with van der Waals surface area (Å²) in [5.74, 6) is 0.833. The Balaban J connectivity index is 1.74. The molecule has 0 amide bonds. The van der Waals surface area contributed by atoms with Gasteiger partial charge in [0.2, 0.25) is 0 Å². The number of nitrogens with one attached hydrogen (secondary N) is 1. The first-order valence-electron chi connectivity index (χ1n) is 6.55. The van der Waals surface area contributed by atoms with Crippen LogP contribution in [0.25, 0.3) is 0 Å². The van der Waals surface area contributed by atoms with Crippen LogP contribution in [0, 0.1) is 0 Å². The maximum absolute atomic E-state index is 5.82. The van der Waals surface area contributed by atoms with Gasteiger partial charge >= 0.3 is 0 Å². The molecular weight excluding hydrogens is 272 g/mol. The largest absolute Gasteiger partial charge is 0.492 e. The van der Waals surface area contributed by atoms with Crippen molar-refractivity contribution >= 4 is 23.0 Å². The first-order valence-corrected chi connectivity index (χ1v) is 6.92. The van der Waals surface area contributed by atoms with E-state index in [2.05, 4.69) is 34.5 Å². The Bertz CT molecular complexity index is 523. The maximum Gasteiger partial charge on any atom is 0.119 e. The van der Waals surface area contributed by atoms with E-state index in [1.54, 1.807) is 0 Å². The van der Waals surface area contributed by atoms with Gasteiger partial charge in [0, 0.05) is 37.0 Å². The Hall–Kier alpha value is -1.87. The van der Waals surface area contributed by atoms with Crippen LogP contribution < -0.4 is 15.0 Å². The van der Waals surface area contributed by atoms with Gasteiger partial charge < -0.3 is 15.0 Å². The van der Waals surface area contributed by atoms with Crippen LogP contribution in [-0.4, -0.2) is 27.2 Å². The second-order valence-electron chi connectivity index (χ2n) is 4.67. The van der Waals surface area contributed by atoms with Crippen molar-refractivity contribution in [3.8, 4) is 5.75 Å². The summed E-state index contributed by atoms with van der Waals surface area (Å²) in [4.78, 5) is 2.08. The Morgan fingerprint density at radius 2 is 1.65 bits per heavy atom. The van der Waals surface area contributed by atoms with Gasteiger partial charge in [0.1, 0.15) is 12.4 Å². The third kappa shape index (κ3) is 4.35. The molecule has 0 radical (unpaired) electrons. The van der Waals surface area contributed by atoms with E-state index in [0.29, 0.717) is 6.61 Å². The Morgan fingerprint density at radius 3 is 2.25 bits per heavy atom. The van der Waals surface area contributed by atoms with Crippen LogP contribution in [0.2, 0.25) is 5.02 Å². The van der Waals surface area contributed by atoms with Crippen molar-refractivity contribution in [1.82, 2.24) is 0 Å². The molecule has 0 saturated heterocycles. The molecule has 1 N–H and O–H groups in total. The lowest BCUT2D eigenvalue weighted by atomic mass is 10.2. The molecule has 3 nitrogen and oxygen atoms in total. The van der Waals surface area contributed by atoms with Crippen LogP contribution in [0.5, 0.6) is 5.75 Å². The van der Waals surface area contributed by atoms with Gasteiger partial charge in [-0.25, -0.2) is 0 Å². The summed E-state index contributed by atoms with van der Waals surface area (Å²) >= 11 is 5.82. The number of ether oxygens (including phenoxy) is 1. The minimum atomic E-state index is 0.608. The van der Waals surface area contributed by atoms with E-state index < -0.39 is 0 Å². The smallest absolute Gasteiger partial charge is 0.119 e. The van der Waals surface area contributed by atoms with E-state index in [4.69, 9.17) is 16.3 Å². The molecule has 2 aromatic rings. The molecule has 0 spiro atoms. The predicted octanol–water partition coefficient (Wildman–Crippen LogP) is 3.90. The number of halogens is 1. The summed E-state index contributed by atoms with van der Waals surface area (Å²) in [5, 5.41) is 4.04. The highest BCUT2D eigenvalue weighted by Crippen LogP contribution is 2.16. The number of hydrogen-bond acceptors (Lipinski definition) is 3. The fourth-order valence-corrected chi connectivity index (χ4v) is 1.90. The summed E-state index contributed by atoms with van der Waals surface area (Å²) < 4.78 is 5.62. The third-order valence-corrected chi connectivity index (χ3v) is 3.15. The molecule has 2 aromatic carbocycles. The van der Waals surface area contributed by atoms with Crippen molar-refractivity contribution in [1.29, 1.82) is 0 Å². The number of anilines is 2. The van der Waals surface area contributed by atoms with Crippen LogP contribution in [0.1, 0.15) is 0 Å². The molecular formula is C16H19ClN2O. The second-order valence-corrected chi connectivity index (χ2v) is 5.11. The fourth-order valence-electron chi connectivity index (χ4n) is 1.77. The number of benzene rings is 2. The van der Waals surface area contributed by atoms with E-state index in [0.717, 1.165) is 23.0 Å². The quantitative estimate of drug-likeness (QED) is 0.817. The highest BCUT2D eigenvalue weighted by atomic mass is 35.5. The average Bonchev–Trinajstić information content (AvgIpc) is 2.46. The SMILES string of the molecule is CN(C)c1ccc(NCCOc2ccc(Cl)cc2)cc1. The van der Waals surface area contributed by atoms with Crippen molar-refractivity contribution in [2.45, 2.75) is 0 Å². The highest BCUT2D eigenvalue weighted by Gasteiger charge is 1.97. The lowest BCUT2D eigenvalue weighted by Gasteiger charge is -2.13. The predicted molar refractivity (Wildman–Crippen MR) is 86.2 cm³/mol. The lowest BCUT2D eigenvalue weighted by Crippen LogP contribution is -2.12. The summed E-state index contributed by atoms with van der Waals surface area (Å²) in [6, 6.07) is 15.7. The lowest BCUT2D eigenvalue weighted by molar-refractivity contribution is 0.333. The Kier molecular flexibility index (Phi) is 5.13. The molecule has 0 fully saturated rings. The van der Waals surface area contributed by atoms with E-state index in [1.165, 1.54) is 5.69 Å². The molecule has 0 unspecified atom stereocenters. The van der Waals surface area contributed by atoms with Crippen LogP contribution in [0.3, 0.4) is 0 Å². The summed E-state index contributed by atoms with van der Waals surface area (Å²) in [6.45, 7) is 1.36. The van der Waals surface area contributed by atoms with Crippen molar-refractivity contribution in [3.63, 3.8) is 0 Å². The van der Waals surface area contributed by atoms with Crippen LogP contribution in [0.4, 0.5) is 11.4 Å². The fraction of sp³-hybridized carbons (Fsp3) is 0.250. The van der Waals surface area contributed by atoms with Crippen molar-refractivity contribution in [2.75, 3.05) is 37.5 Å². The van der Waals surface area contributed by atoms with Gasteiger partial charge in [-0.05, 0) is 48.5 Å². The molecule has 0 aromatic heterocycles. The molecule has 0 heterocycles. The van der Waals surface area contributed by atoms with Crippen LogP contribution in [0.15, 0.2) is 48.5 Å². The minimum Gasteiger partial charge on any atom is -0.492 e. The molecule has 0 atom stereocenters. The standard InChI is InChI=1S/C16H19ClN2O/c1-19(2)15-7-5-14(6-8-15)18-11-12-20-16-9-3-13(17)4-10-16/h3-10,18H,11-12H2,1-2H3. The van der Waals surface area contributed by atoms with Gasteiger partial charge in [-0.2, -0.15) is 0 Å². The van der Waals surface area contributed by atoms with Gasteiger partial charge in [0.15, 0.2) is 0 Å². The van der Waals surface area contributed by atoms with Gasteiger partial charge in [-0.15, -0.1) is 0 Å². The minimum absolute atomic E-state index is 0.608. The molecule has 4 heteroatoms. The Labute approximate surface area is 125 Å². The zero-order chi connectivity index (χ0) is 14.4. The molecule has 0 aliphatic heterocycles. The van der Waals surface area contributed by atoms with E-state index in [-0.39, 0.29) is 0 Å². The number of rotatable bonds is 6. The van der Waals surface area contributed by atoms with Crippen molar-refractivity contribution in [2.24, 2.45) is 0 Å². The molecule has 106 valence electrons. The zero-order valence-electron chi connectivity index (χ0n) is 11.8. The molecule has 0 bridgehead atoms. The van der Waals surface area contributed by atoms with E-state index in [9.17, 15) is 0 Å². The first kappa shape index (κ1) is 14.5. The third-order valence-electron chi connectivity index (χ3n) is 2.90. The molecule has 2 rings (SSSR count). The number of nitrogens with zero attached hydrogens (tertiary/aromatic N) is 1. The molecule has 0 saturated carbocycles. The molecule has 20 heavy (non-hydrogen) atoms. The first-order chi connectivity index (χ1) is 9.65. The molecule has 0 aliphatic rings. The molecule has 0 aliphatic carbocycles. The number of hydrogen-bond donors (Lipinski definition) is 1. The normalized spacial score (nSPS) is 10.2. The van der Waals surface area contributed by atoms with Crippen molar-refractivity contribution in [3.05, 3.63) is 53.6 Å². The second kappa shape index (κ2) is 7.06. The topological polar surface area (TPSA) is 24.5 Å². The van der Waals surface area contributed by atoms with Crippen LogP contribution in [-0.2, 0) is 0 Å². The van der Waals surface area contributed by atoms with Gasteiger partial charge in [-0.1, -0.05) is 11.6 Å². The average molecular weight is 291 g/mol. The summed E-state index contributed by atoms with van der Waals surface area (Å²) in [6.07, 6.45) is 0. The highest BCUT2D eigenvalue weighted by molar-refractivity contribution is 6.30. The van der Waals surface area contributed by atoms with E-state index in [1.807, 2.05) is 38.4 Å². The van der Waals surface area contributed by atoms with Gasteiger partial charge in [0.05, 0.1) is 0 Å². The summed E-state index contributed by atoms with van der Waals surface area (Å²) in [5.41, 5.74) is 2.28. The Morgan fingerprint density at radius 1 is 1.00 bits per heavy atom. The maximum atomic E-state index is 5.82. The zero-order valence-corrected chi connectivity index (χ0v) is 12.5. The van der Waals surface area contributed by atoms with Crippen molar-refractivity contribution < 1.29 is 4.74 Å². The monoisotopic (exact) mass is 290 g/mol. The van der Waals surface area contributed by atoms with E-state index >= 15 is 0 Å².